The highest BCUT2D eigenvalue weighted by Crippen LogP contribution is 2.38. The third-order valence-corrected chi connectivity index (χ3v) is 4.56. The van der Waals surface area contributed by atoms with E-state index in [0.717, 1.165) is 64.1 Å². The second-order valence-electron chi connectivity index (χ2n) is 6.59. The van der Waals surface area contributed by atoms with Crippen LogP contribution in [0.15, 0.2) is 4.99 Å². The third-order valence-electron chi connectivity index (χ3n) is 4.56. The molecule has 134 valence electrons. The number of carbonyl (C=O) groups excluding carboxylic acids is 1. The molecule has 6 nitrogen and oxygen atoms in total. The maximum absolute atomic E-state index is 12.5. The first-order valence-corrected chi connectivity index (χ1v) is 8.71. The van der Waals surface area contributed by atoms with Crippen LogP contribution in [0.3, 0.4) is 0 Å². The number of ether oxygens (including phenoxy) is 1. The van der Waals surface area contributed by atoms with Gasteiger partial charge in [0.25, 0.3) is 0 Å². The summed E-state index contributed by atoms with van der Waals surface area (Å²) in [5.41, 5.74) is -0.264. The van der Waals surface area contributed by atoms with Crippen LogP contribution in [0.25, 0.3) is 0 Å². The molecule has 1 fully saturated rings. The SMILES string of the molecule is CN=C(NCCCCCOC)NCC1(C(=O)N(C)C)CCCC1. The van der Waals surface area contributed by atoms with Gasteiger partial charge in [-0.25, -0.2) is 0 Å². The van der Waals surface area contributed by atoms with Gasteiger partial charge in [-0.15, -0.1) is 0 Å². The van der Waals surface area contributed by atoms with Gasteiger partial charge in [-0.2, -0.15) is 0 Å². The Kier molecular flexibility index (Phi) is 8.99. The highest BCUT2D eigenvalue weighted by Gasteiger charge is 2.42. The van der Waals surface area contributed by atoms with Crippen molar-refractivity contribution < 1.29 is 9.53 Å². The Labute approximate surface area is 141 Å². The van der Waals surface area contributed by atoms with Gasteiger partial charge in [0.15, 0.2) is 5.96 Å². The van der Waals surface area contributed by atoms with E-state index >= 15 is 0 Å². The minimum absolute atomic E-state index is 0.234. The van der Waals surface area contributed by atoms with Gasteiger partial charge in [-0.05, 0) is 32.1 Å². The zero-order valence-electron chi connectivity index (χ0n) is 15.3. The van der Waals surface area contributed by atoms with Crippen LogP contribution in [0.4, 0.5) is 0 Å². The third kappa shape index (κ3) is 6.37. The fraction of sp³-hybridized carbons (Fsp3) is 0.882. The molecule has 0 heterocycles. The lowest BCUT2D eigenvalue weighted by Gasteiger charge is -2.31. The molecule has 0 unspecified atom stereocenters. The van der Waals surface area contributed by atoms with Gasteiger partial charge in [-0.3, -0.25) is 9.79 Å². The van der Waals surface area contributed by atoms with E-state index in [-0.39, 0.29) is 11.3 Å². The average Bonchev–Trinajstić information content (AvgIpc) is 3.02. The Morgan fingerprint density at radius 1 is 1.17 bits per heavy atom. The molecule has 0 saturated heterocycles. The molecule has 0 aromatic heterocycles. The number of nitrogens with one attached hydrogen (secondary N) is 2. The summed E-state index contributed by atoms with van der Waals surface area (Å²) in [6.07, 6.45) is 7.51. The van der Waals surface area contributed by atoms with Crippen molar-refractivity contribution in [2.75, 3.05) is 47.9 Å². The first-order valence-electron chi connectivity index (χ1n) is 8.71. The molecule has 0 spiro atoms. The van der Waals surface area contributed by atoms with Crippen molar-refractivity contribution in [2.45, 2.75) is 44.9 Å². The Morgan fingerprint density at radius 2 is 1.87 bits per heavy atom. The Balaban J connectivity index is 2.38. The van der Waals surface area contributed by atoms with Crippen molar-refractivity contribution in [3.63, 3.8) is 0 Å². The summed E-state index contributed by atoms with van der Waals surface area (Å²) < 4.78 is 5.05. The molecular formula is C17H34N4O2. The van der Waals surface area contributed by atoms with E-state index in [2.05, 4.69) is 15.6 Å². The second kappa shape index (κ2) is 10.5. The lowest BCUT2D eigenvalue weighted by atomic mass is 9.84. The van der Waals surface area contributed by atoms with E-state index in [9.17, 15) is 4.79 Å². The van der Waals surface area contributed by atoms with E-state index in [1.807, 2.05) is 14.1 Å². The summed E-state index contributed by atoms with van der Waals surface area (Å²) in [6, 6.07) is 0. The normalized spacial score (nSPS) is 17.1. The summed E-state index contributed by atoms with van der Waals surface area (Å²) in [5, 5.41) is 6.69. The number of methoxy groups -OCH3 is 1. The molecule has 0 radical (unpaired) electrons. The van der Waals surface area contributed by atoms with Crippen LogP contribution < -0.4 is 10.6 Å². The minimum Gasteiger partial charge on any atom is -0.385 e. The Bertz CT molecular complexity index is 377. The predicted octanol–water partition coefficient (Wildman–Crippen LogP) is 1.62. The molecule has 0 aromatic carbocycles. The van der Waals surface area contributed by atoms with Crippen molar-refractivity contribution in [3.05, 3.63) is 0 Å². The molecule has 1 saturated carbocycles. The van der Waals surface area contributed by atoms with E-state index in [0.29, 0.717) is 6.54 Å². The molecule has 0 aromatic rings. The predicted molar refractivity (Wildman–Crippen MR) is 94.7 cm³/mol. The Hall–Kier alpha value is -1.30. The number of guanidine groups is 1. The van der Waals surface area contributed by atoms with Crippen molar-refractivity contribution in [1.82, 2.24) is 15.5 Å². The molecule has 2 N–H and O–H groups in total. The smallest absolute Gasteiger partial charge is 0.230 e. The topological polar surface area (TPSA) is 66.0 Å². The van der Waals surface area contributed by atoms with Gasteiger partial charge in [-0.1, -0.05) is 12.8 Å². The fourth-order valence-corrected chi connectivity index (χ4v) is 3.22. The highest BCUT2D eigenvalue weighted by molar-refractivity contribution is 5.85. The maximum Gasteiger partial charge on any atom is 0.230 e. The molecule has 0 aliphatic heterocycles. The summed E-state index contributed by atoms with van der Waals surface area (Å²) >= 11 is 0. The van der Waals surface area contributed by atoms with Crippen LogP contribution in [-0.4, -0.2) is 64.7 Å². The van der Waals surface area contributed by atoms with Crippen LogP contribution in [0.1, 0.15) is 44.9 Å². The maximum atomic E-state index is 12.5. The minimum atomic E-state index is -0.264. The monoisotopic (exact) mass is 326 g/mol. The van der Waals surface area contributed by atoms with Crippen molar-refractivity contribution in [3.8, 4) is 0 Å². The summed E-state index contributed by atoms with van der Waals surface area (Å²) in [7, 11) is 7.19. The molecule has 1 amide bonds. The Morgan fingerprint density at radius 3 is 2.43 bits per heavy atom. The van der Waals surface area contributed by atoms with Gasteiger partial charge in [0, 0.05) is 47.9 Å². The lowest BCUT2D eigenvalue weighted by molar-refractivity contribution is -0.138. The van der Waals surface area contributed by atoms with Gasteiger partial charge >= 0.3 is 0 Å². The molecule has 1 rings (SSSR count). The molecule has 1 aliphatic rings. The molecular weight excluding hydrogens is 292 g/mol. The van der Waals surface area contributed by atoms with E-state index in [1.165, 1.54) is 0 Å². The van der Waals surface area contributed by atoms with E-state index in [4.69, 9.17) is 4.74 Å². The van der Waals surface area contributed by atoms with Crippen molar-refractivity contribution >= 4 is 11.9 Å². The van der Waals surface area contributed by atoms with Crippen LogP contribution in [0.5, 0.6) is 0 Å². The number of nitrogens with zero attached hydrogens (tertiary/aromatic N) is 2. The van der Waals surface area contributed by atoms with E-state index in [1.54, 1.807) is 19.1 Å². The summed E-state index contributed by atoms with van der Waals surface area (Å²) in [6.45, 7) is 2.37. The molecule has 0 bridgehead atoms. The summed E-state index contributed by atoms with van der Waals surface area (Å²) in [5.74, 6) is 1.02. The summed E-state index contributed by atoms with van der Waals surface area (Å²) in [4.78, 5) is 18.5. The standard InChI is InChI=1S/C17H34N4O2/c1-18-16(19-12-8-5-9-13-23-4)20-14-17(10-6-7-11-17)15(22)21(2)3/h5-14H2,1-4H3,(H2,18,19,20). The van der Waals surface area contributed by atoms with E-state index < -0.39 is 0 Å². The van der Waals surface area contributed by atoms with Crippen molar-refractivity contribution in [2.24, 2.45) is 10.4 Å². The van der Waals surface area contributed by atoms with Crippen molar-refractivity contribution in [1.29, 1.82) is 0 Å². The second-order valence-corrected chi connectivity index (χ2v) is 6.59. The number of carbonyl (C=O) groups is 1. The molecule has 1 aliphatic carbocycles. The quantitative estimate of drug-likeness (QED) is 0.384. The van der Waals surface area contributed by atoms with Gasteiger partial charge in [0.2, 0.25) is 5.91 Å². The zero-order valence-corrected chi connectivity index (χ0v) is 15.3. The van der Waals surface area contributed by atoms with Crippen LogP contribution >= 0.6 is 0 Å². The number of hydrogen-bond donors (Lipinski definition) is 2. The van der Waals surface area contributed by atoms with Gasteiger partial charge < -0.3 is 20.3 Å². The number of rotatable bonds is 9. The highest BCUT2D eigenvalue weighted by atomic mass is 16.5. The zero-order chi connectivity index (χ0) is 17.1. The van der Waals surface area contributed by atoms with Crippen LogP contribution in [-0.2, 0) is 9.53 Å². The first kappa shape index (κ1) is 19.7. The number of unbranched alkanes of at least 4 members (excludes halogenated alkanes) is 2. The number of aliphatic imine (C=N–C) groups is 1. The van der Waals surface area contributed by atoms with Crippen LogP contribution in [0, 0.1) is 5.41 Å². The average molecular weight is 326 g/mol. The number of amides is 1. The lowest BCUT2D eigenvalue weighted by Crippen LogP contribution is -2.49. The largest absolute Gasteiger partial charge is 0.385 e. The fourth-order valence-electron chi connectivity index (χ4n) is 3.22. The van der Waals surface area contributed by atoms with Gasteiger partial charge in [0.05, 0.1) is 5.41 Å². The molecule has 23 heavy (non-hydrogen) atoms. The molecule has 6 heteroatoms. The van der Waals surface area contributed by atoms with Crippen LogP contribution in [0.2, 0.25) is 0 Å². The van der Waals surface area contributed by atoms with Gasteiger partial charge in [0.1, 0.15) is 0 Å². The number of hydrogen-bond acceptors (Lipinski definition) is 3. The first-order chi connectivity index (χ1) is 11.1. The molecule has 0 atom stereocenters.